The molecule has 0 aliphatic rings. The number of halogens is 3. The van der Waals surface area contributed by atoms with Crippen LogP contribution in [0.2, 0.25) is 0 Å². The molecule has 128 valence electrons. The molecule has 0 fully saturated rings. The van der Waals surface area contributed by atoms with Crippen LogP contribution in [0.3, 0.4) is 0 Å². The van der Waals surface area contributed by atoms with Gasteiger partial charge in [-0.2, -0.15) is 13.2 Å². The maximum Gasteiger partial charge on any atom is 0.433 e. The van der Waals surface area contributed by atoms with Gasteiger partial charge in [0.05, 0.1) is 7.11 Å². The molecule has 0 saturated carbocycles. The second kappa shape index (κ2) is 6.88. The number of alkyl halides is 3. The van der Waals surface area contributed by atoms with Crippen LogP contribution >= 0.6 is 0 Å². The Balaban J connectivity index is 2.63. The normalized spacial score (nSPS) is 12.7. The van der Waals surface area contributed by atoms with Gasteiger partial charge < -0.3 is 14.6 Å². The number of nitrogens with zero attached hydrogens (tertiary/aromatic N) is 1. The highest BCUT2D eigenvalue weighted by Gasteiger charge is 2.34. The zero-order chi connectivity index (χ0) is 17.9. The second-order valence-corrected chi connectivity index (χ2v) is 4.79. The third-order valence-corrected chi connectivity index (χ3v) is 3.34. The highest BCUT2D eigenvalue weighted by molar-refractivity contribution is 5.81. The number of ether oxygens (including phenoxy) is 2. The van der Waals surface area contributed by atoms with Crippen molar-refractivity contribution in [1.82, 2.24) is 4.98 Å². The van der Waals surface area contributed by atoms with Crippen molar-refractivity contribution in [3.63, 3.8) is 0 Å². The fraction of sp³-hybridized carbons (Fsp3) is 0.250. The second-order valence-electron chi connectivity index (χ2n) is 4.79. The summed E-state index contributed by atoms with van der Waals surface area (Å²) in [6.45, 7) is 0. The van der Waals surface area contributed by atoms with Gasteiger partial charge in [-0.05, 0) is 23.3 Å². The van der Waals surface area contributed by atoms with Crippen LogP contribution in [-0.2, 0) is 15.7 Å². The van der Waals surface area contributed by atoms with Gasteiger partial charge in [-0.1, -0.05) is 24.3 Å². The molecule has 0 saturated heterocycles. The fourth-order valence-electron chi connectivity index (χ4n) is 2.29. The number of carbonyl (C=O) groups is 1. The average Bonchev–Trinajstić information content (AvgIpc) is 2.54. The van der Waals surface area contributed by atoms with Gasteiger partial charge in [-0.3, -0.25) is 0 Å². The molecule has 1 aromatic heterocycles. The summed E-state index contributed by atoms with van der Waals surface area (Å²) in [5.74, 6) is -1.47. The van der Waals surface area contributed by atoms with Crippen molar-refractivity contribution < 1.29 is 32.5 Å². The number of carboxylic acid groups (broad SMARTS) is 1. The van der Waals surface area contributed by atoms with Crippen molar-refractivity contribution >= 4 is 5.97 Å². The molecule has 0 aliphatic heterocycles. The summed E-state index contributed by atoms with van der Waals surface area (Å²) < 4.78 is 48.3. The lowest BCUT2D eigenvalue weighted by molar-refractivity contribution is -0.148. The Hall–Kier alpha value is -2.61. The van der Waals surface area contributed by atoms with Gasteiger partial charge >= 0.3 is 12.1 Å². The molecule has 1 aromatic carbocycles. The van der Waals surface area contributed by atoms with Crippen molar-refractivity contribution in [3.8, 4) is 17.0 Å². The summed E-state index contributed by atoms with van der Waals surface area (Å²) in [5, 5.41) is 9.25. The molecule has 2 aromatic rings. The molecular formula is C16H14F3NO4. The minimum atomic E-state index is -4.61. The Bertz CT molecular complexity index is 746. The summed E-state index contributed by atoms with van der Waals surface area (Å²) in [6.07, 6.45) is -5.88. The largest absolute Gasteiger partial charge is 0.481 e. The Morgan fingerprint density at radius 2 is 1.79 bits per heavy atom. The van der Waals surface area contributed by atoms with E-state index in [1.807, 2.05) is 0 Å². The molecular weight excluding hydrogens is 327 g/mol. The van der Waals surface area contributed by atoms with Crippen molar-refractivity contribution in [2.45, 2.75) is 12.3 Å². The van der Waals surface area contributed by atoms with Crippen molar-refractivity contribution in [2.24, 2.45) is 0 Å². The summed E-state index contributed by atoms with van der Waals surface area (Å²) in [6, 6.07) is 8.34. The molecule has 0 aliphatic carbocycles. The number of hydrogen-bond donors (Lipinski definition) is 1. The van der Waals surface area contributed by atoms with Crippen molar-refractivity contribution in [1.29, 1.82) is 0 Å². The maximum atomic E-state index is 12.8. The van der Waals surface area contributed by atoms with E-state index in [9.17, 15) is 23.1 Å². The number of aromatic nitrogens is 1. The first-order chi connectivity index (χ1) is 11.3. The van der Waals surface area contributed by atoms with E-state index in [4.69, 9.17) is 9.47 Å². The minimum Gasteiger partial charge on any atom is -0.481 e. The first kappa shape index (κ1) is 17.7. The standard InChI is InChI=1S/C16H14F3NO4/c1-23-13(15(21)22)10-6-4-3-5-9(10)11-7-8-12(16(17,18)19)20-14(11)24-2/h3-8,13H,1-2H3,(H,21,22). The lowest BCUT2D eigenvalue weighted by Crippen LogP contribution is -2.15. The van der Waals surface area contributed by atoms with Crippen molar-refractivity contribution in [3.05, 3.63) is 47.7 Å². The van der Waals surface area contributed by atoms with E-state index in [0.717, 1.165) is 6.07 Å². The summed E-state index contributed by atoms with van der Waals surface area (Å²) in [4.78, 5) is 14.8. The smallest absolute Gasteiger partial charge is 0.433 e. The first-order valence-corrected chi connectivity index (χ1v) is 6.76. The zero-order valence-electron chi connectivity index (χ0n) is 12.8. The van der Waals surface area contributed by atoms with E-state index in [0.29, 0.717) is 5.56 Å². The molecule has 24 heavy (non-hydrogen) atoms. The molecule has 0 amide bonds. The molecule has 1 N–H and O–H groups in total. The summed E-state index contributed by atoms with van der Waals surface area (Å²) in [7, 11) is 2.43. The van der Waals surface area contributed by atoms with Gasteiger partial charge in [0, 0.05) is 12.7 Å². The molecule has 1 atom stereocenters. The van der Waals surface area contributed by atoms with Crippen LogP contribution in [0.5, 0.6) is 5.88 Å². The van der Waals surface area contributed by atoms with Crippen LogP contribution in [0, 0.1) is 0 Å². The fourth-order valence-corrected chi connectivity index (χ4v) is 2.29. The van der Waals surface area contributed by atoms with E-state index >= 15 is 0 Å². The molecule has 8 heteroatoms. The number of hydrogen-bond acceptors (Lipinski definition) is 4. The number of aliphatic carboxylic acids is 1. The maximum absolute atomic E-state index is 12.8. The molecule has 0 radical (unpaired) electrons. The van der Waals surface area contributed by atoms with Crippen LogP contribution in [0.1, 0.15) is 17.4 Å². The lowest BCUT2D eigenvalue weighted by Gasteiger charge is -2.17. The Kier molecular flexibility index (Phi) is 5.08. The number of carboxylic acids is 1. The van der Waals surface area contributed by atoms with Crippen molar-refractivity contribution in [2.75, 3.05) is 14.2 Å². The topological polar surface area (TPSA) is 68.7 Å². The molecule has 1 unspecified atom stereocenters. The average molecular weight is 341 g/mol. The van der Waals surface area contributed by atoms with E-state index in [-0.39, 0.29) is 17.0 Å². The molecule has 1 heterocycles. The third-order valence-electron chi connectivity index (χ3n) is 3.34. The highest BCUT2D eigenvalue weighted by atomic mass is 19.4. The van der Waals surface area contributed by atoms with Gasteiger partial charge in [-0.15, -0.1) is 0 Å². The Morgan fingerprint density at radius 1 is 1.12 bits per heavy atom. The van der Waals surface area contributed by atoms with Crippen LogP contribution < -0.4 is 4.74 Å². The lowest BCUT2D eigenvalue weighted by atomic mass is 9.96. The Morgan fingerprint density at radius 3 is 2.33 bits per heavy atom. The highest BCUT2D eigenvalue weighted by Crippen LogP contribution is 2.37. The number of methoxy groups -OCH3 is 2. The van der Waals surface area contributed by atoms with Crippen LogP contribution in [-0.4, -0.2) is 30.3 Å². The number of pyridine rings is 1. The summed E-state index contributed by atoms with van der Waals surface area (Å²) >= 11 is 0. The van der Waals surface area contributed by atoms with Gasteiger partial charge in [0.1, 0.15) is 5.69 Å². The summed E-state index contributed by atoms with van der Waals surface area (Å²) in [5.41, 5.74) is -0.205. The van der Waals surface area contributed by atoms with E-state index < -0.39 is 23.9 Å². The molecule has 5 nitrogen and oxygen atoms in total. The molecule has 2 rings (SSSR count). The van der Waals surface area contributed by atoms with E-state index in [2.05, 4.69) is 4.98 Å². The Labute approximate surface area is 135 Å². The van der Waals surface area contributed by atoms with Crippen LogP contribution in [0.25, 0.3) is 11.1 Å². The SMILES string of the molecule is COc1nc(C(F)(F)F)ccc1-c1ccccc1C(OC)C(=O)O. The van der Waals surface area contributed by atoms with Crippen LogP contribution in [0.15, 0.2) is 36.4 Å². The first-order valence-electron chi connectivity index (χ1n) is 6.76. The zero-order valence-corrected chi connectivity index (χ0v) is 12.8. The molecule has 0 spiro atoms. The predicted octanol–water partition coefficient (Wildman–Crippen LogP) is 3.55. The van der Waals surface area contributed by atoms with Gasteiger partial charge in [0.2, 0.25) is 5.88 Å². The molecule has 0 bridgehead atoms. The monoisotopic (exact) mass is 341 g/mol. The van der Waals surface area contributed by atoms with E-state index in [1.165, 1.54) is 26.4 Å². The van der Waals surface area contributed by atoms with Gasteiger partial charge in [-0.25, -0.2) is 9.78 Å². The van der Waals surface area contributed by atoms with Gasteiger partial charge in [0.15, 0.2) is 6.10 Å². The third kappa shape index (κ3) is 3.48. The quantitative estimate of drug-likeness (QED) is 0.901. The minimum absolute atomic E-state index is 0.240. The van der Waals surface area contributed by atoms with E-state index in [1.54, 1.807) is 18.2 Å². The number of rotatable bonds is 5. The number of benzene rings is 1. The predicted molar refractivity (Wildman–Crippen MR) is 78.6 cm³/mol. The van der Waals surface area contributed by atoms with Crippen LogP contribution in [0.4, 0.5) is 13.2 Å². The van der Waals surface area contributed by atoms with Gasteiger partial charge in [0.25, 0.3) is 0 Å².